The van der Waals surface area contributed by atoms with Crippen LogP contribution in [0, 0.1) is 11.3 Å². The van der Waals surface area contributed by atoms with E-state index in [1.165, 1.54) is 18.4 Å². The number of nitrogens with one attached hydrogen (secondary N) is 1. The van der Waals surface area contributed by atoms with Crippen LogP contribution in [0.15, 0.2) is 28.7 Å². The first-order chi connectivity index (χ1) is 8.91. The van der Waals surface area contributed by atoms with Crippen molar-refractivity contribution in [3.63, 3.8) is 0 Å². The molecule has 0 heterocycles. The highest BCUT2D eigenvalue weighted by atomic mass is 79.9. The number of halogens is 1. The molecule has 0 aromatic heterocycles. The standard InChI is InChI=1S/C17H26BrN/c1-5-15(13-6-8-14(18)9-7-13)19-16-11-17(3,4)10-12(16)2/h6-9,12,15-16,19H,5,10-11H2,1-4H3. The van der Waals surface area contributed by atoms with Gasteiger partial charge in [-0.1, -0.05) is 55.8 Å². The highest BCUT2D eigenvalue weighted by molar-refractivity contribution is 9.10. The maximum Gasteiger partial charge on any atom is 0.0320 e. The molecule has 1 aliphatic rings. The molecule has 106 valence electrons. The molecule has 2 rings (SSSR count). The van der Waals surface area contributed by atoms with Gasteiger partial charge >= 0.3 is 0 Å². The molecule has 0 spiro atoms. The molecule has 0 amide bonds. The largest absolute Gasteiger partial charge is 0.307 e. The summed E-state index contributed by atoms with van der Waals surface area (Å²) in [5.74, 6) is 0.777. The molecule has 1 N–H and O–H groups in total. The first kappa shape index (κ1) is 15.1. The molecule has 1 saturated carbocycles. The minimum Gasteiger partial charge on any atom is -0.307 e. The fourth-order valence-electron chi connectivity index (χ4n) is 3.52. The maximum atomic E-state index is 3.89. The summed E-state index contributed by atoms with van der Waals surface area (Å²) in [6, 6.07) is 9.88. The molecule has 19 heavy (non-hydrogen) atoms. The van der Waals surface area contributed by atoms with Crippen molar-refractivity contribution in [2.24, 2.45) is 11.3 Å². The van der Waals surface area contributed by atoms with Crippen LogP contribution in [-0.4, -0.2) is 6.04 Å². The highest BCUT2D eigenvalue weighted by Gasteiger charge is 2.37. The lowest BCUT2D eigenvalue weighted by molar-refractivity contribution is 0.349. The summed E-state index contributed by atoms with van der Waals surface area (Å²) in [6.45, 7) is 9.45. The summed E-state index contributed by atoms with van der Waals surface area (Å²) in [6.07, 6.45) is 3.77. The van der Waals surface area contributed by atoms with Gasteiger partial charge < -0.3 is 5.32 Å². The highest BCUT2D eigenvalue weighted by Crippen LogP contribution is 2.41. The third-order valence-electron chi connectivity index (χ3n) is 4.43. The second kappa shape index (κ2) is 5.97. The van der Waals surface area contributed by atoms with Gasteiger partial charge in [-0.05, 0) is 48.3 Å². The Balaban J connectivity index is 2.05. The van der Waals surface area contributed by atoms with Gasteiger partial charge in [0.05, 0.1) is 0 Å². The first-order valence-corrected chi connectivity index (χ1v) is 8.22. The van der Waals surface area contributed by atoms with E-state index in [2.05, 4.69) is 73.2 Å². The lowest BCUT2D eigenvalue weighted by Gasteiger charge is -2.25. The van der Waals surface area contributed by atoms with Crippen LogP contribution in [0.5, 0.6) is 0 Å². The van der Waals surface area contributed by atoms with Crippen LogP contribution in [-0.2, 0) is 0 Å². The average Bonchev–Trinajstić information content (AvgIpc) is 2.60. The summed E-state index contributed by atoms with van der Waals surface area (Å²) < 4.78 is 1.15. The second-order valence-electron chi connectivity index (χ2n) is 6.84. The smallest absolute Gasteiger partial charge is 0.0320 e. The summed E-state index contributed by atoms with van der Waals surface area (Å²) in [4.78, 5) is 0. The Bertz CT molecular complexity index is 410. The van der Waals surface area contributed by atoms with Crippen molar-refractivity contribution in [1.82, 2.24) is 5.32 Å². The quantitative estimate of drug-likeness (QED) is 0.791. The van der Waals surface area contributed by atoms with Crippen LogP contribution >= 0.6 is 15.9 Å². The normalized spacial score (nSPS) is 27.4. The lowest BCUT2D eigenvalue weighted by Crippen LogP contribution is -2.34. The third kappa shape index (κ3) is 3.82. The van der Waals surface area contributed by atoms with Gasteiger partial charge in [0, 0.05) is 16.6 Å². The Morgan fingerprint density at radius 3 is 2.37 bits per heavy atom. The average molecular weight is 324 g/mol. The van der Waals surface area contributed by atoms with Crippen molar-refractivity contribution >= 4 is 15.9 Å². The van der Waals surface area contributed by atoms with Crippen LogP contribution in [0.4, 0.5) is 0 Å². The first-order valence-electron chi connectivity index (χ1n) is 7.43. The van der Waals surface area contributed by atoms with Gasteiger partial charge in [0.2, 0.25) is 0 Å². The Hall–Kier alpha value is -0.340. The molecule has 1 aromatic rings. The summed E-state index contributed by atoms with van der Waals surface area (Å²) in [5, 5.41) is 3.89. The Morgan fingerprint density at radius 2 is 1.89 bits per heavy atom. The summed E-state index contributed by atoms with van der Waals surface area (Å²) in [5.41, 5.74) is 1.90. The Morgan fingerprint density at radius 1 is 1.26 bits per heavy atom. The number of rotatable bonds is 4. The van der Waals surface area contributed by atoms with Crippen molar-refractivity contribution in [2.45, 2.75) is 59.0 Å². The van der Waals surface area contributed by atoms with Crippen LogP contribution < -0.4 is 5.32 Å². The van der Waals surface area contributed by atoms with Gasteiger partial charge in [-0.2, -0.15) is 0 Å². The van der Waals surface area contributed by atoms with Gasteiger partial charge in [0.15, 0.2) is 0 Å². The topological polar surface area (TPSA) is 12.0 Å². The molecule has 0 bridgehead atoms. The molecule has 1 nitrogen and oxygen atoms in total. The predicted molar refractivity (Wildman–Crippen MR) is 86.3 cm³/mol. The third-order valence-corrected chi connectivity index (χ3v) is 4.96. The van der Waals surface area contributed by atoms with E-state index in [1.807, 2.05) is 0 Å². The minimum absolute atomic E-state index is 0.481. The van der Waals surface area contributed by atoms with Crippen molar-refractivity contribution in [3.8, 4) is 0 Å². The van der Waals surface area contributed by atoms with E-state index in [1.54, 1.807) is 0 Å². The number of hydrogen-bond donors (Lipinski definition) is 1. The van der Waals surface area contributed by atoms with Crippen molar-refractivity contribution in [2.75, 3.05) is 0 Å². The number of hydrogen-bond acceptors (Lipinski definition) is 1. The number of benzene rings is 1. The van der Waals surface area contributed by atoms with Crippen molar-refractivity contribution in [1.29, 1.82) is 0 Å². The summed E-state index contributed by atoms with van der Waals surface area (Å²) >= 11 is 3.51. The Labute approximate surface area is 126 Å². The van der Waals surface area contributed by atoms with E-state index in [0.717, 1.165) is 16.8 Å². The van der Waals surface area contributed by atoms with Crippen LogP contribution in [0.1, 0.15) is 58.6 Å². The van der Waals surface area contributed by atoms with E-state index in [0.29, 0.717) is 17.5 Å². The molecule has 1 aliphatic carbocycles. The van der Waals surface area contributed by atoms with Crippen LogP contribution in [0.2, 0.25) is 0 Å². The van der Waals surface area contributed by atoms with Crippen LogP contribution in [0.3, 0.4) is 0 Å². The molecule has 0 aliphatic heterocycles. The maximum absolute atomic E-state index is 3.89. The molecule has 0 saturated heterocycles. The van der Waals surface area contributed by atoms with Gasteiger partial charge in [-0.25, -0.2) is 0 Å². The van der Waals surface area contributed by atoms with E-state index in [4.69, 9.17) is 0 Å². The van der Waals surface area contributed by atoms with Gasteiger partial charge in [-0.15, -0.1) is 0 Å². The van der Waals surface area contributed by atoms with Crippen molar-refractivity contribution in [3.05, 3.63) is 34.3 Å². The predicted octanol–water partition coefficient (Wildman–Crippen LogP) is 5.31. The molecule has 1 aromatic carbocycles. The minimum atomic E-state index is 0.481. The molecular weight excluding hydrogens is 298 g/mol. The molecular formula is C17H26BrN. The zero-order valence-electron chi connectivity index (χ0n) is 12.5. The molecule has 0 radical (unpaired) electrons. The van der Waals surface area contributed by atoms with Gasteiger partial charge in [0.1, 0.15) is 0 Å². The monoisotopic (exact) mass is 323 g/mol. The summed E-state index contributed by atoms with van der Waals surface area (Å²) in [7, 11) is 0. The fourth-order valence-corrected chi connectivity index (χ4v) is 3.78. The Kier molecular flexibility index (Phi) is 4.73. The van der Waals surface area contributed by atoms with E-state index >= 15 is 0 Å². The molecule has 3 atom stereocenters. The zero-order chi connectivity index (χ0) is 14.0. The SMILES string of the molecule is CCC(NC1CC(C)(C)CC1C)c1ccc(Br)cc1. The van der Waals surface area contributed by atoms with Crippen molar-refractivity contribution < 1.29 is 0 Å². The molecule has 1 fully saturated rings. The fraction of sp³-hybridized carbons (Fsp3) is 0.647. The van der Waals surface area contributed by atoms with E-state index in [9.17, 15) is 0 Å². The van der Waals surface area contributed by atoms with Crippen LogP contribution in [0.25, 0.3) is 0 Å². The molecule has 3 unspecified atom stereocenters. The van der Waals surface area contributed by atoms with Gasteiger partial charge in [-0.3, -0.25) is 0 Å². The zero-order valence-corrected chi connectivity index (χ0v) is 14.1. The van der Waals surface area contributed by atoms with Gasteiger partial charge in [0.25, 0.3) is 0 Å². The molecule has 2 heteroatoms. The lowest BCUT2D eigenvalue weighted by atomic mass is 9.91. The second-order valence-corrected chi connectivity index (χ2v) is 7.75. The van der Waals surface area contributed by atoms with E-state index in [-0.39, 0.29) is 0 Å². The van der Waals surface area contributed by atoms with E-state index < -0.39 is 0 Å².